The molecule has 0 saturated carbocycles. The van der Waals surface area contributed by atoms with Gasteiger partial charge in [0.15, 0.2) is 4.80 Å². The van der Waals surface area contributed by atoms with Crippen LogP contribution in [-0.2, 0) is 16.0 Å². The minimum absolute atomic E-state index is 0.186. The van der Waals surface area contributed by atoms with Gasteiger partial charge < -0.3 is 14.0 Å². The van der Waals surface area contributed by atoms with Gasteiger partial charge in [-0.1, -0.05) is 22.9 Å². The number of esters is 1. The Hall–Kier alpha value is -3.08. The van der Waals surface area contributed by atoms with Crippen molar-refractivity contribution in [3.63, 3.8) is 0 Å². The molecule has 2 aromatic carbocycles. The molecule has 0 aliphatic carbocycles. The molecule has 0 aliphatic rings. The number of aromatic nitrogens is 1. The quantitative estimate of drug-likeness (QED) is 0.323. The number of nitro groups is 1. The minimum atomic E-state index is -0.796. The lowest BCUT2D eigenvalue weighted by atomic mass is 10.2. The molecule has 0 N–H and O–H groups in total. The molecule has 0 fully saturated rings. The van der Waals surface area contributed by atoms with E-state index < -0.39 is 16.8 Å². The zero-order valence-corrected chi connectivity index (χ0v) is 17.5. The first-order chi connectivity index (χ1) is 14.3. The largest absolute Gasteiger partial charge is 0.465 e. The third-order valence-electron chi connectivity index (χ3n) is 4.21. The molecular weight excluding hydrogens is 434 g/mol. The van der Waals surface area contributed by atoms with E-state index in [9.17, 15) is 19.7 Å². The Labute approximate surface area is 179 Å². The van der Waals surface area contributed by atoms with Crippen LogP contribution in [-0.4, -0.2) is 42.2 Å². The molecule has 3 aromatic rings. The van der Waals surface area contributed by atoms with E-state index >= 15 is 0 Å². The van der Waals surface area contributed by atoms with Crippen LogP contribution in [0.25, 0.3) is 10.2 Å². The molecule has 9 nitrogen and oxygen atoms in total. The topological polar surface area (TPSA) is 113 Å². The van der Waals surface area contributed by atoms with Crippen LogP contribution in [0.4, 0.5) is 5.69 Å². The number of carbonyl (C=O) groups is 2. The predicted molar refractivity (Wildman–Crippen MR) is 111 cm³/mol. The van der Waals surface area contributed by atoms with Crippen molar-refractivity contribution in [2.75, 3.05) is 20.8 Å². The highest BCUT2D eigenvalue weighted by atomic mass is 35.5. The Morgan fingerprint density at radius 2 is 2.00 bits per heavy atom. The number of amides is 1. The lowest BCUT2D eigenvalue weighted by Crippen LogP contribution is -2.19. The Morgan fingerprint density at radius 3 is 2.67 bits per heavy atom. The normalized spacial score (nSPS) is 11.6. The zero-order chi connectivity index (χ0) is 21.8. The van der Waals surface area contributed by atoms with Gasteiger partial charge in [0.2, 0.25) is 0 Å². The van der Waals surface area contributed by atoms with E-state index in [4.69, 9.17) is 21.1 Å². The molecule has 0 aliphatic heterocycles. The average molecular weight is 450 g/mol. The molecular formula is C19H16ClN3O6S. The van der Waals surface area contributed by atoms with E-state index in [1.165, 1.54) is 30.6 Å². The third-order valence-corrected chi connectivity index (χ3v) is 5.48. The third kappa shape index (κ3) is 4.40. The monoisotopic (exact) mass is 449 g/mol. The number of benzene rings is 2. The van der Waals surface area contributed by atoms with E-state index in [1.807, 2.05) is 0 Å². The number of nitrogens with zero attached hydrogens (tertiary/aromatic N) is 3. The van der Waals surface area contributed by atoms with Crippen molar-refractivity contribution in [2.24, 2.45) is 4.99 Å². The second-order valence-electron chi connectivity index (χ2n) is 6.04. The molecule has 3 rings (SSSR count). The number of halogens is 1. The summed E-state index contributed by atoms with van der Waals surface area (Å²) >= 11 is 7.08. The van der Waals surface area contributed by atoms with Gasteiger partial charge in [0.1, 0.15) is 5.56 Å². The van der Waals surface area contributed by atoms with Gasteiger partial charge >= 0.3 is 5.97 Å². The lowest BCUT2D eigenvalue weighted by molar-refractivity contribution is -0.385. The maximum Gasteiger partial charge on any atom is 0.337 e. The fourth-order valence-corrected chi connectivity index (χ4v) is 4.05. The van der Waals surface area contributed by atoms with E-state index in [0.29, 0.717) is 28.2 Å². The number of ether oxygens (including phenoxy) is 2. The summed E-state index contributed by atoms with van der Waals surface area (Å²) in [5, 5.41) is 11.5. The standard InChI is InChI=1S/C19H16ClN3O6S/c1-28-8-7-22-15-5-3-11(18(25)29-2)9-16(15)30-19(22)21-17(24)13-10-12(20)4-6-14(13)23(26)27/h3-6,9-10H,7-8H2,1-2H3. The minimum Gasteiger partial charge on any atom is -0.465 e. The van der Waals surface area contributed by atoms with Gasteiger partial charge in [-0.15, -0.1) is 0 Å². The van der Waals surface area contributed by atoms with Crippen LogP contribution in [0.2, 0.25) is 5.02 Å². The highest BCUT2D eigenvalue weighted by Crippen LogP contribution is 2.24. The molecule has 0 radical (unpaired) electrons. The first kappa shape index (κ1) is 21.6. The molecule has 1 aromatic heterocycles. The summed E-state index contributed by atoms with van der Waals surface area (Å²) in [5.41, 5.74) is 0.495. The maximum absolute atomic E-state index is 12.8. The van der Waals surface area contributed by atoms with E-state index in [1.54, 1.807) is 29.9 Å². The summed E-state index contributed by atoms with van der Waals surface area (Å²) in [5.74, 6) is -1.28. The molecule has 30 heavy (non-hydrogen) atoms. The first-order valence-electron chi connectivity index (χ1n) is 8.59. The highest BCUT2D eigenvalue weighted by molar-refractivity contribution is 7.16. The van der Waals surface area contributed by atoms with E-state index in [2.05, 4.69) is 4.99 Å². The molecule has 1 amide bonds. The second kappa shape index (κ2) is 9.16. The number of fused-ring (bicyclic) bond motifs is 1. The van der Waals surface area contributed by atoms with Crippen molar-refractivity contribution in [1.82, 2.24) is 4.57 Å². The fourth-order valence-electron chi connectivity index (χ4n) is 2.79. The molecule has 0 spiro atoms. The molecule has 0 unspecified atom stereocenters. The number of hydrogen-bond donors (Lipinski definition) is 0. The van der Waals surface area contributed by atoms with Gasteiger partial charge in [0, 0.05) is 24.7 Å². The molecule has 1 heterocycles. The number of thiazole rings is 1. The second-order valence-corrected chi connectivity index (χ2v) is 7.48. The Morgan fingerprint density at radius 1 is 1.23 bits per heavy atom. The Kier molecular flexibility index (Phi) is 6.60. The van der Waals surface area contributed by atoms with Crippen molar-refractivity contribution in [3.05, 3.63) is 67.5 Å². The van der Waals surface area contributed by atoms with Crippen LogP contribution in [0.3, 0.4) is 0 Å². The van der Waals surface area contributed by atoms with Crippen LogP contribution in [0.15, 0.2) is 41.4 Å². The summed E-state index contributed by atoms with van der Waals surface area (Å²) in [6.07, 6.45) is 0. The number of hydrogen-bond acceptors (Lipinski definition) is 7. The zero-order valence-electron chi connectivity index (χ0n) is 16.0. The van der Waals surface area contributed by atoms with Crippen molar-refractivity contribution in [2.45, 2.75) is 6.54 Å². The highest BCUT2D eigenvalue weighted by Gasteiger charge is 2.21. The van der Waals surface area contributed by atoms with Crippen LogP contribution in [0.5, 0.6) is 0 Å². The molecule has 0 atom stereocenters. The van der Waals surface area contributed by atoms with Gasteiger partial charge in [0.05, 0.1) is 34.4 Å². The predicted octanol–water partition coefficient (Wildman–Crippen LogP) is 3.44. The molecule has 0 bridgehead atoms. The smallest absolute Gasteiger partial charge is 0.337 e. The van der Waals surface area contributed by atoms with E-state index in [0.717, 1.165) is 11.6 Å². The van der Waals surface area contributed by atoms with Crippen LogP contribution in [0, 0.1) is 10.1 Å². The van der Waals surface area contributed by atoms with Gasteiger partial charge in [-0.2, -0.15) is 4.99 Å². The maximum atomic E-state index is 12.8. The SMILES string of the molecule is COCCn1c(=NC(=O)c2cc(Cl)ccc2[N+](=O)[O-])sc2cc(C(=O)OC)ccc21. The first-order valence-corrected chi connectivity index (χ1v) is 9.78. The number of nitro benzene ring substituents is 1. The van der Waals surface area contributed by atoms with Gasteiger partial charge in [-0.3, -0.25) is 14.9 Å². The molecule has 156 valence electrons. The van der Waals surface area contributed by atoms with Gasteiger partial charge in [-0.05, 0) is 30.3 Å². The summed E-state index contributed by atoms with van der Waals surface area (Å²) in [6, 6.07) is 8.69. The summed E-state index contributed by atoms with van der Waals surface area (Å²) < 4.78 is 12.3. The summed E-state index contributed by atoms with van der Waals surface area (Å²) in [6.45, 7) is 0.737. The summed E-state index contributed by atoms with van der Waals surface area (Å²) in [7, 11) is 2.83. The van der Waals surface area contributed by atoms with Gasteiger partial charge in [0.25, 0.3) is 11.6 Å². The lowest BCUT2D eigenvalue weighted by Gasteiger charge is -2.05. The van der Waals surface area contributed by atoms with Crippen LogP contribution >= 0.6 is 22.9 Å². The number of carbonyl (C=O) groups excluding carboxylic acids is 2. The Balaban J connectivity index is 2.17. The van der Waals surface area contributed by atoms with Crippen molar-refractivity contribution >= 4 is 50.7 Å². The number of methoxy groups -OCH3 is 2. The van der Waals surface area contributed by atoms with Crippen LogP contribution < -0.4 is 4.80 Å². The summed E-state index contributed by atoms with van der Waals surface area (Å²) in [4.78, 5) is 39.6. The average Bonchev–Trinajstić information content (AvgIpc) is 3.07. The Bertz CT molecular complexity index is 1220. The van der Waals surface area contributed by atoms with Crippen molar-refractivity contribution < 1.29 is 24.0 Å². The van der Waals surface area contributed by atoms with Gasteiger partial charge in [-0.25, -0.2) is 4.79 Å². The molecule has 11 heteroatoms. The van der Waals surface area contributed by atoms with Crippen molar-refractivity contribution in [3.8, 4) is 0 Å². The van der Waals surface area contributed by atoms with E-state index in [-0.39, 0.29) is 16.3 Å². The van der Waals surface area contributed by atoms with Crippen LogP contribution in [0.1, 0.15) is 20.7 Å². The van der Waals surface area contributed by atoms with Crippen molar-refractivity contribution in [1.29, 1.82) is 0 Å². The molecule has 0 saturated heterocycles. The fraction of sp³-hybridized carbons (Fsp3) is 0.211. The number of rotatable bonds is 6.